The summed E-state index contributed by atoms with van der Waals surface area (Å²) in [5, 5.41) is 0. The molecule has 0 atom stereocenters. The average molecular weight is 187 g/mol. The normalized spacial score (nSPS) is 9.87. The van der Waals surface area contributed by atoms with Gasteiger partial charge in [0.2, 0.25) is 0 Å². The number of benzene rings is 2. The van der Waals surface area contributed by atoms with Gasteiger partial charge in [-0.3, -0.25) is 0 Å². The van der Waals surface area contributed by atoms with Crippen molar-refractivity contribution in [1.82, 2.24) is 0 Å². The Morgan fingerprint density at radius 1 is 0.733 bits per heavy atom. The molecule has 1 nitrogen and oxygen atoms in total. The predicted molar refractivity (Wildman–Crippen MR) is 59.1 cm³/mol. The third kappa shape index (κ3) is 3.75. The summed E-state index contributed by atoms with van der Waals surface area (Å²) in [7, 11) is 0. The molecule has 0 saturated carbocycles. The number of rotatable bonds is 2. The maximum absolute atomic E-state index is 4.23. The second kappa shape index (κ2) is 6.24. The summed E-state index contributed by atoms with van der Waals surface area (Å²) >= 11 is 0. The van der Waals surface area contributed by atoms with Crippen LogP contribution in [0.5, 0.6) is 0 Å². The SMILES string of the molecule is [C-](=Nc1ccccc1)c1ccccc1.[Li+]. The van der Waals surface area contributed by atoms with Gasteiger partial charge in [0.1, 0.15) is 0 Å². The first-order valence-electron chi connectivity index (χ1n) is 4.52. The summed E-state index contributed by atoms with van der Waals surface area (Å²) in [6, 6.07) is 19.7. The van der Waals surface area contributed by atoms with E-state index in [2.05, 4.69) is 11.2 Å². The largest absolute Gasteiger partial charge is 1.00 e. The van der Waals surface area contributed by atoms with E-state index in [-0.39, 0.29) is 18.9 Å². The standard InChI is InChI=1S/C13H10N.Li/c1-3-7-12(8-4-1)11-14-13-9-5-2-6-10-13;/h1-10H;/q-1;+1. The Bertz CT molecular complexity index is 368. The van der Waals surface area contributed by atoms with Crippen molar-refractivity contribution in [3.8, 4) is 0 Å². The molecule has 68 valence electrons. The molecule has 2 aromatic rings. The Hall–Kier alpha value is -1.29. The molecule has 0 fully saturated rings. The molecule has 0 bridgehead atoms. The first kappa shape index (κ1) is 11.8. The fourth-order valence-corrected chi connectivity index (χ4v) is 1.14. The zero-order valence-corrected chi connectivity index (χ0v) is 8.72. The molecule has 0 heterocycles. The van der Waals surface area contributed by atoms with E-state index in [1.807, 2.05) is 60.7 Å². The van der Waals surface area contributed by atoms with Crippen LogP contribution in [0.1, 0.15) is 5.56 Å². The van der Waals surface area contributed by atoms with Crippen LogP contribution >= 0.6 is 0 Å². The number of para-hydroxylation sites is 1. The number of nitrogens with zero attached hydrogens (tertiary/aromatic N) is 1. The number of aliphatic imine (C=N–C) groups is 1. The van der Waals surface area contributed by atoms with E-state index >= 15 is 0 Å². The second-order valence-corrected chi connectivity index (χ2v) is 2.93. The average Bonchev–Trinajstić information content (AvgIpc) is 2.29. The van der Waals surface area contributed by atoms with Gasteiger partial charge in [-0.05, 0) is 11.9 Å². The Balaban J connectivity index is 0.00000112. The van der Waals surface area contributed by atoms with E-state index in [4.69, 9.17) is 0 Å². The van der Waals surface area contributed by atoms with E-state index in [0.29, 0.717) is 0 Å². The molecule has 0 spiro atoms. The molecule has 0 N–H and O–H groups in total. The quantitative estimate of drug-likeness (QED) is 0.365. The van der Waals surface area contributed by atoms with Crippen LogP contribution in [0, 0.1) is 0 Å². The fourth-order valence-electron chi connectivity index (χ4n) is 1.14. The smallest absolute Gasteiger partial charge is 0.352 e. The summed E-state index contributed by atoms with van der Waals surface area (Å²) in [6.07, 6.45) is 2.99. The van der Waals surface area contributed by atoms with Crippen LogP contribution in [-0.2, 0) is 0 Å². The number of hydrogen-bond donors (Lipinski definition) is 0. The van der Waals surface area contributed by atoms with Crippen molar-refractivity contribution < 1.29 is 18.9 Å². The van der Waals surface area contributed by atoms with Crippen molar-refractivity contribution in [2.45, 2.75) is 0 Å². The van der Waals surface area contributed by atoms with E-state index in [1.165, 1.54) is 0 Å². The van der Waals surface area contributed by atoms with Crippen molar-refractivity contribution in [3.05, 3.63) is 66.2 Å². The molecule has 0 aliphatic rings. The van der Waals surface area contributed by atoms with E-state index < -0.39 is 0 Å². The van der Waals surface area contributed by atoms with Crippen molar-refractivity contribution in [3.63, 3.8) is 0 Å². The summed E-state index contributed by atoms with van der Waals surface area (Å²) in [5.74, 6) is 0. The Morgan fingerprint density at radius 2 is 1.27 bits per heavy atom. The molecule has 0 radical (unpaired) electrons. The van der Waals surface area contributed by atoms with Crippen LogP contribution in [0.15, 0.2) is 65.7 Å². The van der Waals surface area contributed by atoms with E-state index in [0.717, 1.165) is 11.3 Å². The molecular formula is C13H10LiN. The summed E-state index contributed by atoms with van der Waals surface area (Å²) in [4.78, 5) is 4.23. The molecule has 0 aliphatic heterocycles. The molecule has 2 heteroatoms. The minimum Gasteiger partial charge on any atom is -0.352 e. The molecule has 0 aliphatic carbocycles. The molecule has 0 unspecified atom stereocenters. The van der Waals surface area contributed by atoms with Gasteiger partial charge >= 0.3 is 18.9 Å². The molecule has 15 heavy (non-hydrogen) atoms. The minimum absolute atomic E-state index is 0. The van der Waals surface area contributed by atoms with Crippen LogP contribution in [0.3, 0.4) is 0 Å². The van der Waals surface area contributed by atoms with Gasteiger partial charge in [-0.2, -0.15) is 0 Å². The van der Waals surface area contributed by atoms with Crippen molar-refractivity contribution in [2.24, 2.45) is 4.99 Å². The first-order valence-corrected chi connectivity index (χ1v) is 4.52. The second-order valence-electron chi connectivity index (χ2n) is 2.93. The van der Waals surface area contributed by atoms with Gasteiger partial charge in [0, 0.05) is 0 Å². The Kier molecular flexibility index (Phi) is 4.90. The van der Waals surface area contributed by atoms with Crippen LogP contribution in [0.4, 0.5) is 5.69 Å². The maximum Gasteiger partial charge on any atom is 1.00 e. The maximum atomic E-state index is 4.23. The topological polar surface area (TPSA) is 12.4 Å². The summed E-state index contributed by atoms with van der Waals surface area (Å²) in [6.45, 7) is 0. The van der Waals surface area contributed by atoms with Gasteiger partial charge in [0.05, 0.1) is 0 Å². The van der Waals surface area contributed by atoms with E-state index in [1.54, 1.807) is 0 Å². The fraction of sp³-hybridized carbons (Fsp3) is 0. The van der Waals surface area contributed by atoms with Crippen LogP contribution in [0.25, 0.3) is 0 Å². The summed E-state index contributed by atoms with van der Waals surface area (Å²) in [5.41, 5.74) is 1.92. The molecule has 0 amide bonds. The zero-order valence-electron chi connectivity index (χ0n) is 8.72. The predicted octanol–water partition coefficient (Wildman–Crippen LogP) is 0.318. The van der Waals surface area contributed by atoms with Gasteiger partial charge in [0.25, 0.3) is 0 Å². The van der Waals surface area contributed by atoms with Gasteiger partial charge in [-0.25, -0.2) is 0 Å². The van der Waals surface area contributed by atoms with Gasteiger partial charge in [-0.1, -0.05) is 36.4 Å². The monoisotopic (exact) mass is 187 g/mol. The third-order valence-electron chi connectivity index (χ3n) is 1.84. The minimum atomic E-state index is 0. The Morgan fingerprint density at radius 3 is 1.87 bits per heavy atom. The summed E-state index contributed by atoms with van der Waals surface area (Å²) < 4.78 is 0. The molecule has 2 aromatic carbocycles. The zero-order chi connectivity index (χ0) is 9.64. The molecule has 2 rings (SSSR count). The molecule has 0 aromatic heterocycles. The first-order chi connectivity index (χ1) is 6.95. The van der Waals surface area contributed by atoms with Crippen LogP contribution in [0.2, 0.25) is 0 Å². The van der Waals surface area contributed by atoms with Crippen molar-refractivity contribution in [1.29, 1.82) is 0 Å². The Labute approximate surface area is 102 Å². The van der Waals surface area contributed by atoms with E-state index in [9.17, 15) is 0 Å². The van der Waals surface area contributed by atoms with Crippen LogP contribution in [-0.4, -0.2) is 6.21 Å². The van der Waals surface area contributed by atoms with Gasteiger partial charge < -0.3 is 4.99 Å². The van der Waals surface area contributed by atoms with Gasteiger partial charge in [0.15, 0.2) is 0 Å². The van der Waals surface area contributed by atoms with Gasteiger partial charge in [-0.15, -0.1) is 29.8 Å². The third-order valence-corrected chi connectivity index (χ3v) is 1.84. The van der Waals surface area contributed by atoms with Crippen molar-refractivity contribution >= 4 is 11.9 Å². The number of hydrogen-bond acceptors (Lipinski definition) is 1. The van der Waals surface area contributed by atoms with Crippen molar-refractivity contribution in [2.75, 3.05) is 0 Å². The molecule has 0 saturated heterocycles. The van der Waals surface area contributed by atoms with Crippen LogP contribution < -0.4 is 18.9 Å². The molecular weight excluding hydrogens is 177 g/mol.